The van der Waals surface area contributed by atoms with Crippen LogP contribution >= 0.6 is 22.9 Å². The van der Waals surface area contributed by atoms with Gasteiger partial charge in [-0.25, -0.2) is 13.4 Å². The summed E-state index contributed by atoms with van der Waals surface area (Å²) in [5, 5.41) is 2.56. The summed E-state index contributed by atoms with van der Waals surface area (Å²) in [6.07, 6.45) is 1.63. The molecule has 0 unspecified atom stereocenters. The number of nitrogens with one attached hydrogen (secondary N) is 1. The van der Waals surface area contributed by atoms with Crippen molar-refractivity contribution in [2.45, 2.75) is 24.3 Å². The van der Waals surface area contributed by atoms with E-state index in [1.165, 1.54) is 29.5 Å². The molecule has 0 radical (unpaired) electrons. The zero-order chi connectivity index (χ0) is 15.0. The average molecular weight is 332 g/mol. The maximum Gasteiger partial charge on any atom is 0.242 e. The second kappa shape index (κ2) is 5.33. The number of aromatic nitrogens is 1. The van der Waals surface area contributed by atoms with Gasteiger partial charge in [0.2, 0.25) is 10.0 Å². The molecule has 0 aliphatic rings. The third-order valence-corrected chi connectivity index (χ3v) is 5.84. The van der Waals surface area contributed by atoms with Crippen LogP contribution in [0.15, 0.2) is 34.7 Å². The highest BCUT2D eigenvalue weighted by Crippen LogP contribution is 2.28. The van der Waals surface area contributed by atoms with Gasteiger partial charge in [-0.05, 0) is 32.0 Å². The number of rotatable bonds is 4. The van der Waals surface area contributed by atoms with E-state index >= 15 is 0 Å². The van der Waals surface area contributed by atoms with Gasteiger partial charge in [-0.15, -0.1) is 11.3 Å². The number of nitrogens with two attached hydrogens (primary N) is 1. The molecule has 0 saturated heterocycles. The Balaban J connectivity index is 2.37. The van der Waals surface area contributed by atoms with E-state index in [9.17, 15) is 8.42 Å². The monoisotopic (exact) mass is 331 g/mol. The fraction of sp³-hybridized carbons (Fsp3) is 0.250. The molecule has 20 heavy (non-hydrogen) atoms. The van der Waals surface area contributed by atoms with Crippen molar-refractivity contribution in [2.75, 3.05) is 5.73 Å². The number of sulfonamides is 1. The van der Waals surface area contributed by atoms with Crippen molar-refractivity contribution >= 4 is 38.6 Å². The molecule has 0 amide bonds. The summed E-state index contributed by atoms with van der Waals surface area (Å²) in [5.41, 5.74) is 5.16. The number of hydrogen-bond acceptors (Lipinski definition) is 5. The highest BCUT2D eigenvalue weighted by Gasteiger charge is 2.31. The van der Waals surface area contributed by atoms with Gasteiger partial charge in [-0.3, -0.25) is 0 Å². The maximum absolute atomic E-state index is 12.4. The summed E-state index contributed by atoms with van der Waals surface area (Å²) in [7, 11) is -3.76. The second-order valence-corrected chi connectivity index (χ2v) is 7.71. The lowest BCUT2D eigenvalue weighted by Gasteiger charge is -2.23. The van der Waals surface area contributed by atoms with Crippen LogP contribution in [0.1, 0.15) is 18.9 Å². The van der Waals surface area contributed by atoms with Crippen LogP contribution in [-0.2, 0) is 15.6 Å². The molecular formula is C12H14ClN3O2S2. The van der Waals surface area contributed by atoms with E-state index in [2.05, 4.69) is 9.71 Å². The SMILES string of the molecule is CC(C)(NS(=O)(=O)c1ccc(N)cc1Cl)c1nccs1. The van der Waals surface area contributed by atoms with Crippen LogP contribution in [0.25, 0.3) is 0 Å². The molecule has 1 aromatic heterocycles. The highest BCUT2D eigenvalue weighted by molar-refractivity contribution is 7.89. The molecule has 0 aliphatic carbocycles. The fourth-order valence-electron chi connectivity index (χ4n) is 1.70. The second-order valence-electron chi connectivity index (χ2n) is 4.76. The van der Waals surface area contributed by atoms with Gasteiger partial charge < -0.3 is 5.73 Å². The van der Waals surface area contributed by atoms with E-state index in [0.29, 0.717) is 10.7 Å². The van der Waals surface area contributed by atoms with Crippen molar-refractivity contribution in [3.8, 4) is 0 Å². The minimum atomic E-state index is -3.76. The van der Waals surface area contributed by atoms with E-state index in [0.717, 1.165) is 0 Å². The van der Waals surface area contributed by atoms with Crippen LogP contribution in [0.4, 0.5) is 5.69 Å². The molecule has 1 aromatic carbocycles. The number of halogens is 1. The third kappa shape index (κ3) is 3.12. The number of anilines is 1. The minimum Gasteiger partial charge on any atom is -0.399 e. The normalized spacial score (nSPS) is 12.6. The van der Waals surface area contributed by atoms with Gasteiger partial charge in [0, 0.05) is 17.3 Å². The van der Waals surface area contributed by atoms with Gasteiger partial charge in [0.05, 0.1) is 10.6 Å². The zero-order valence-electron chi connectivity index (χ0n) is 10.9. The van der Waals surface area contributed by atoms with Gasteiger partial charge in [-0.2, -0.15) is 4.72 Å². The van der Waals surface area contributed by atoms with Crippen molar-refractivity contribution in [1.29, 1.82) is 0 Å². The standard InChI is InChI=1S/C12H14ClN3O2S2/c1-12(2,11-15-5-6-19-11)16-20(17,18)10-4-3-8(14)7-9(10)13/h3-7,16H,14H2,1-2H3. The van der Waals surface area contributed by atoms with Gasteiger partial charge in [0.1, 0.15) is 9.90 Å². The molecule has 8 heteroatoms. The summed E-state index contributed by atoms with van der Waals surface area (Å²) < 4.78 is 27.4. The van der Waals surface area contributed by atoms with E-state index in [1.54, 1.807) is 25.4 Å². The van der Waals surface area contributed by atoms with Crippen LogP contribution in [0.3, 0.4) is 0 Å². The van der Waals surface area contributed by atoms with E-state index in [4.69, 9.17) is 17.3 Å². The Morgan fingerprint density at radius 2 is 2.10 bits per heavy atom. The lowest BCUT2D eigenvalue weighted by atomic mass is 10.1. The predicted molar refractivity (Wildman–Crippen MR) is 81.3 cm³/mol. The van der Waals surface area contributed by atoms with Crippen LogP contribution < -0.4 is 10.5 Å². The first-order valence-electron chi connectivity index (χ1n) is 5.71. The molecule has 0 bridgehead atoms. The Labute approximate surface area is 126 Å². The number of nitrogens with zero attached hydrogens (tertiary/aromatic N) is 1. The number of thiazole rings is 1. The Bertz CT molecular complexity index is 712. The fourth-order valence-corrected chi connectivity index (χ4v) is 4.42. The summed E-state index contributed by atoms with van der Waals surface area (Å²) in [6.45, 7) is 3.49. The Kier molecular flexibility index (Phi) is 4.06. The van der Waals surface area contributed by atoms with Gasteiger partial charge in [0.25, 0.3) is 0 Å². The summed E-state index contributed by atoms with van der Waals surface area (Å²) >= 11 is 7.34. The topological polar surface area (TPSA) is 85.1 Å². The average Bonchev–Trinajstić information content (AvgIpc) is 2.80. The molecule has 3 N–H and O–H groups in total. The van der Waals surface area contributed by atoms with Crippen LogP contribution in [0.5, 0.6) is 0 Å². The van der Waals surface area contributed by atoms with Crippen LogP contribution in [0.2, 0.25) is 5.02 Å². The number of nitrogen functional groups attached to an aromatic ring is 1. The molecule has 5 nitrogen and oxygen atoms in total. The van der Waals surface area contributed by atoms with E-state index in [-0.39, 0.29) is 9.92 Å². The lowest BCUT2D eigenvalue weighted by Crippen LogP contribution is -2.40. The minimum absolute atomic E-state index is 0.00185. The van der Waals surface area contributed by atoms with Gasteiger partial charge in [0.15, 0.2) is 0 Å². The molecule has 2 aromatic rings. The molecule has 0 saturated carbocycles. The molecule has 0 fully saturated rings. The first kappa shape index (κ1) is 15.2. The molecule has 0 aliphatic heterocycles. The van der Waals surface area contributed by atoms with E-state index in [1.807, 2.05) is 0 Å². The van der Waals surface area contributed by atoms with Crippen LogP contribution in [0, 0.1) is 0 Å². The summed E-state index contributed by atoms with van der Waals surface area (Å²) in [5.74, 6) is 0. The molecule has 0 atom stereocenters. The quantitative estimate of drug-likeness (QED) is 0.843. The largest absolute Gasteiger partial charge is 0.399 e. The Morgan fingerprint density at radius 1 is 1.40 bits per heavy atom. The lowest BCUT2D eigenvalue weighted by molar-refractivity contribution is 0.470. The first-order chi connectivity index (χ1) is 9.22. The van der Waals surface area contributed by atoms with Crippen molar-refractivity contribution in [1.82, 2.24) is 9.71 Å². The molecular weight excluding hydrogens is 318 g/mol. The van der Waals surface area contributed by atoms with E-state index < -0.39 is 15.6 Å². The zero-order valence-corrected chi connectivity index (χ0v) is 13.3. The number of hydrogen-bond donors (Lipinski definition) is 2. The first-order valence-corrected chi connectivity index (χ1v) is 8.45. The third-order valence-electron chi connectivity index (χ3n) is 2.60. The van der Waals surface area contributed by atoms with Crippen molar-refractivity contribution < 1.29 is 8.42 Å². The predicted octanol–water partition coefficient (Wildman–Crippen LogP) is 2.59. The molecule has 108 valence electrons. The Hall–Kier alpha value is -1.15. The highest BCUT2D eigenvalue weighted by atomic mass is 35.5. The molecule has 0 spiro atoms. The van der Waals surface area contributed by atoms with Crippen molar-refractivity contribution in [2.24, 2.45) is 0 Å². The Morgan fingerprint density at radius 3 is 2.65 bits per heavy atom. The van der Waals surface area contributed by atoms with Crippen molar-refractivity contribution in [3.63, 3.8) is 0 Å². The van der Waals surface area contributed by atoms with Crippen molar-refractivity contribution in [3.05, 3.63) is 39.8 Å². The molecule has 1 heterocycles. The number of benzene rings is 1. The summed E-state index contributed by atoms with van der Waals surface area (Å²) in [4.78, 5) is 4.14. The summed E-state index contributed by atoms with van der Waals surface area (Å²) in [6, 6.07) is 4.29. The van der Waals surface area contributed by atoms with Gasteiger partial charge >= 0.3 is 0 Å². The molecule has 2 rings (SSSR count). The van der Waals surface area contributed by atoms with Gasteiger partial charge in [-0.1, -0.05) is 11.6 Å². The van der Waals surface area contributed by atoms with Crippen LogP contribution in [-0.4, -0.2) is 13.4 Å². The maximum atomic E-state index is 12.4. The smallest absolute Gasteiger partial charge is 0.242 e.